The molecule has 0 spiro atoms. The highest BCUT2D eigenvalue weighted by atomic mass is 35.5. The SMILES string of the molecule is COc1cc(N)c(Cl)cc1C(=O)NCCS(=O)(=O)NCC1CCC1.Cl. The molecule has 1 aliphatic carbocycles. The van der Waals surface area contributed by atoms with Crippen molar-refractivity contribution < 1.29 is 17.9 Å². The fourth-order valence-corrected chi connectivity index (χ4v) is 3.49. The summed E-state index contributed by atoms with van der Waals surface area (Å²) in [4.78, 5) is 12.2. The number of sulfonamides is 1. The van der Waals surface area contributed by atoms with Crippen LogP contribution in [-0.4, -0.2) is 40.3 Å². The number of anilines is 1. The van der Waals surface area contributed by atoms with Crippen LogP contribution in [0, 0.1) is 5.92 Å². The van der Waals surface area contributed by atoms with Crippen LogP contribution in [0.1, 0.15) is 29.6 Å². The van der Waals surface area contributed by atoms with E-state index in [1.54, 1.807) is 0 Å². The number of rotatable bonds is 8. The fourth-order valence-electron chi connectivity index (χ4n) is 2.32. The molecule has 0 heterocycles. The minimum absolute atomic E-state index is 0. The lowest BCUT2D eigenvalue weighted by molar-refractivity contribution is 0.0953. The maximum Gasteiger partial charge on any atom is 0.255 e. The summed E-state index contributed by atoms with van der Waals surface area (Å²) in [5.74, 6) is 0.0649. The van der Waals surface area contributed by atoms with E-state index < -0.39 is 15.9 Å². The number of amides is 1. The van der Waals surface area contributed by atoms with Crippen LogP contribution < -0.4 is 20.5 Å². The summed E-state index contributed by atoms with van der Waals surface area (Å²) in [6.45, 7) is 0.460. The second-order valence-corrected chi connectivity index (χ2v) is 8.13. The Morgan fingerprint density at radius 2 is 2.08 bits per heavy atom. The molecule has 1 aromatic rings. The third-order valence-electron chi connectivity index (χ3n) is 4.04. The maximum atomic E-state index is 12.2. The lowest BCUT2D eigenvalue weighted by Crippen LogP contribution is -2.37. The standard InChI is InChI=1S/C15H22ClN3O4S.ClH/c1-23-14-8-13(17)12(16)7-11(14)15(20)18-5-6-24(21,22)19-9-10-3-2-4-10;/h7-8,10,19H,2-6,9,17H2,1H3,(H,18,20);1H. The molecule has 0 unspecified atom stereocenters. The lowest BCUT2D eigenvalue weighted by atomic mass is 9.86. The first-order chi connectivity index (χ1) is 11.3. The van der Waals surface area contributed by atoms with Crippen molar-refractivity contribution in [1.82, 2.24) is 10.0 Å². The summed E-state index contributed by atoms with van der Waals surface area (Å²) in [6, 6.07) is 2.85. The quantitative estimate of drug-likeness (QED) is 0.564. The number of halogens is 2. The van der Waals surface area contributed by atoms with Gasteiger partial charge in [0.25, 0.3) is 5.91 Å². The number of hydrogen-bond acceptors (Lipinski definition) is 5. The van der Waals surface area contributed by atoms with Crippen LogP contribution in [0.3, 0.4) is 0 Å². The van der Waals surface area contributed by atoms with Crippen LogP contribution in [0.5, 0.6) is 5.75 Å². The van der Waals surface area contributed by atoms with Crippen molar-refractivity contribution in [1.29, 1.82) is 0 Å². The average Bonchev–Trinajstić information content (AvgIpc) is 2.47. The van der Waals surface area contributed by atoms with Crippen LogP contribution in [0.2, 0.25) is 5.02 Å². The Hall–Kier alpha value is -1.22. The van der Waals surface area contributed by atoms with Gasteiger partial charge in [-0.05, 0) is 24.8 Å². The number of nitrogens with one attached hydrogen (secondary N) is 2. The largest absolute Gasteiger partial charge is 0.496 e. The monoisotopic (exact) mass is 411 g/mol. The van der Waals surface area contributed by atoms with Crippen molar-refractivity contribution in [3.63, 3.8) is 0 Å². The molecule has 0 aromatic heterocycles. The van der Waals surface area contributed by atoms with Gasteiger partial charge in [0.2, 0.25) is 10.0 Å². The topological polar surface area (TPSA) is 111 Å². The van der Waals surface area contributed by atoms with Gasteiger partial charge in [-0.3, -0.25) is 4.79 Å². The van der Waals surface area contributed by atoms with E-state index in [2.05, 4.69) is 10.0 Å². The first-order valence-corrected chi connectivity index (χ1v) is 9.74. The summed E-state index contributed by atoms with van der Waals surface area (Å²) in [6.07, 6.45) is 3.29. The first-order valence-electron chi connectivity index (χ1n) is 7.71. The minimum Gasteiger partial charge on any atom is -0.496 e. The molecular formula is C15H23Cl2N3O4S. The minimum atomic E-state index is -3.40. The van der Waals surface area contributed by atoms with E-state index in [0.29, 0.717) is 18.2 Å². The van der Waals surface area contributed by atoms with Crippen LogP contribution in [0.25, 0.3) is 0 Å². The number of benzene rings is 1. The molecular weight excluding hydrogens is 389 g/mol. The summed E-state index contributed by atoms with van der Waals surface area (Å²) >= 11 is 5.92. The van der Waals surface area contributed by atoms with Crippen molar-refractivity contribution in [2.24, 2.45) is 5.92 Å². The van der Waals surface area contributed by atoms with Crippen LogP contribution >= 0.6 is 24.0 Å². The third kappa shape index (κ3) is 6.22. The fraction of sp³-hybridized carbons (Fsp3) is 0.533. The van der Waals surface area contributed by atoms with E-state index in [0.717, 1.165) is 19.3 Å². The van der Waals surface area contributed by atoms with Gasteiger partial charge < -0.3 is 15.8 Å². The van der Waals surface area contributed by atoms with Gasteiger partial charge in [0.15, 0.2) is 0 Å². The van der Waals surface area contributed by atoms with Gasteiger partial charge >= 0.3 is 0 Å². The molecule has 0 saturated heterocycles. The Morgan fingerprint density at radius 3 is 2.64 bits per heavy atom. The van der Waals surface area contributed by atoms with E-state index in [9.17, 15) is 13.2 Å². The highest BCUT2D eigenvalue weighted by Crippen LogP contribution is 2.28. The smallest absolute Gasteiger partial charge is 0.255 e. The lowest BCUT2D eigenvalue weighted by Gasteiger charge is -2.25. The molecule has 1 fully saturated rings. The normalized spacial score (nSPS) is 14.3. The van der Waals surface area contributed by atoms with Gasteiger partial charge in [-0.15, -0.1) is 12.4 Å². The van der Waals surface area contributed by atoms with Crippen LogP contribution in [0.4, 0.5) is 5.69 Å². The van der Waals surface area contributed by atoms with E-state index in [-0.39, 0.29) is 41.0 Å². The number of hydrogen-bond donors (Lipinski definition) is 3. The van der Waals surface area contributed by atoms with Gasteiger partial charge in [-0.2, -0.15) is 0 Å². The summed E-state index contributed by atoms with van der Waals surface area (Å²) < 4.78 is 31.5. The molecule has 0 radical (unpaired) electrons. The average molecular weight is 412 g/mol. The molecule has 1 aromatic carbocycles. The molecule has 142 valence electrons. The Bertz CT molecular complexity index is 709. The summed E-state index contributed by atoms with van der Waals surface area (Å²) in [5.41, 5.74) is 6.17. The Morgan fingerprint density at radius 1 is 1.40 bits per heavy atom. The van der Waals surface area contributed by atoms with E-state index in [1.165, 1.54) is 19.2 Å². The third-order valence-corrected chi connectivity index (χ3v) is 5.71. The Kier molecular flexibility index (Phi) is 8.27. The zero-order valence-electron chi connectivity index (χ0n) is 13.9. The van der Waals surface area contributed by atoms with E-state index in [4.69, 9.17) is 22.1 Å². The molecule has 1 amide bonds. The Balaban J connectivity index is 0.00000312. The van der Waals surface area contributed by atoms with Crippen molar-refractivity contribution in [3.05, 3.63) is 22.7 Å². The second kappa shape index (κ2) is 9.47. The Labute approximate surface area is 159 Å². The predicted molar refractivity (Wildman–Crippen MR) is 101 cm³/mol. The molecule has 2 rings (SSSR count). The van der Waals surface area contributed by atoms with Crippen LogP contribution in [-0.2, 0) is 10.0 Å². The van der Waals surface area contributed by atoms with Crippen molar-refractivity contribution in [2.75, 3.05) is 31.7 Å². The zero-order valence-corrected chi connectivity index (χ0v) is 16.3. The van der Waals surface area contributed by atoms with Gasteiger partial charge in [0, 0.05) is 19.2 Å². The molecule has 25 heavy (non-hydrogen) atoms. The molecule has 7 nitrogen and oxygen atoms in total. The maximum absolute atomic E-state index is 12.2. The predicted octanol–water partition coefficient (Wildman–Crippen LogP) is 1.80. The van der Waals surface area contributed by atoms with Gasteiger partial charge in [-0.25, -0.2) is 13.1 Å². The summed E-state index contributed by atoms with van der Waals surface area (Å²) in [7, 11) is -1.99. The summed E-state index contributed by atoms with van der Waals surface area (Å²) in [5, 5.41) is 2.79. The number of nitrogen functional groups attached to an aromatic ring is 1. The first kappa shape index (κ1) is 21.8. The highest BCUT2D eigenvalue weighted by Gasteiger charge is 2.20. The van der Waals surface area contributed by atoms with Crippen molar-refractivity contribution in [3.8, 4) is 5.75 Å². The molecule has 0 aliphatic heterocycles. The number of carbonyl (C=O) groups excluding carboxylic acids is 1. The number of ether oxygens (including phenoxy) is 1. The van der Waals surface area contributed by atoms with Gasteiger partial charge in [-0.1, -0.05) is 18.0 Å². The van der Waals surface area contributed by atoms with Crippen molar-refractivity contribution in [2.45, 2.75) is 19.3 Å². The highest BCUT2D eigenvalue weighted by molar-refractivity contribution is 7.89. The van der Waals surface area contributed by atoms with Gasteiger partial charge in [0.1, 0.15) is 5.75 Å². The van der Waals surface area contributed by atoms with Crippen molar-refractivity contribution >= 4 is 45.6 Å². The zero-order chi connectivity index (χ0) is 17.7. The number of nitrogens with two attached hydrogens (primary N) is 1. The van der Waals surface area contributed by atoms with E-state index >= 15 is 0 Å². The molecule has 0 atom stereocenters. The number of methoxy groups -OCH3 is 1. The molecule has 4 N–H and O–H groups in total. The molecule has 0 bridgehead atoms. The second-order valence-electron chi connectivity index (χ2n) is 5.79. The molecule has 1 aliphatic rings. The molecule has 10 heteroatoms. The number of carbonyl (C=O) groups is 1. The molecule has 1 saturated carbocycles. The van der Waals surface area contributed by atoms with E-state index in [1.807, 2.05) is 0 Å². The van der Waals surface area contributed by atoms with Crippen LogP contribution in [0.15, 0.2) is 12.1 Å². The van der Waals surface area contributed by atoms with Gasteiger partial charge in [0.05, 0.1) is 29.1 Å².